The molecule has 3 N–H and O–H groups in total. The molecule has 0 spiro atoms. The van der Waals surface area contributed by atoms with E-state index in [1.165, 1.54) is 6.20 Å². The van der Waals surface area contributed by atoms with Gasteiger partial charge < -0.3 is 10.8 Å². The van der Waals surface area contributed by atoms with Gasteiger partial charge in [-0.1, -0.05) is 5.46 Å². The topological polar surface area (TPSA) is 59.1 Å². The van der Waals surface area contributed by atoms with E-state index in [-0.39, 0.29) is 0 Å². The largest absolute Gasteiger partial charge is 0.450 e. The van der Waals surface area contributed by atoms with Gasteiger partial charge >= 0.3 is 7.48 Å². The first kappa shape index (κ1) is 7.82. The van der Waals surface area contributed by atoms with Crippen LogP contribution in [0, 0.1) is 0 Å². The fourth-order valence-corrected chi connectivity index (χ4v) is 0.736. The maximum atomic E-state index is 8.62. The van der Waals surface area contributed by atoms with Crippen LogP contribution >= 0.6 is 0 Å². The quantitative estimate of drug-likeness (QED) is 0.541. The number of hydrogen-bond acceptors (Lipinski definition) is 3. The minimum absolute atomic E-state index is 0.716. The lowest BCUT2D eigenvalue weighted by molar-refractivity contribution is 0.615. The van der Waals surface area contributed by atoms with Gasteiger partial charge in [0.2, 0.25) is 0 Å². The summed E-state index contributed by atoms with van der Waals surface area (Å²) in [6.45, 7) is 0. The number of nitrogens with two attached hydrogens (primary N) is 1. The van der Waals surface area contributed by atoms with Crippen LogP contribution < -0.4 is 11.2 Å². The smallest absolute Gasteiger partial charge is 0.326 e. The van der Waals surface area contributed by atoms with E-state index in [0.29, 0.717) is 5.46 Å². The molecule has 1 radical (unpaired) electrons. The molecule has 0 atom stereocenters. The summed E-state index contributed by atoms with van der Waals surface area (Å²) >= 11 is 0. The highest BCUT2D eigenvalue weighted by atomic mass is 16.2. The lowest BCUT2D eigenvalue weighted by Crippen LogP contribution is -2.13. The summed E-state index contributed by atoms with van der Waals surface area (Å²) in [6.07, 6.45) is 4.67. The van der Waals surface area contributed by atoms with Gasteiger partial charge in [0.15, 0.2) is 0 Å². The molecule has 0 aliphatic carbocycles. The number of aromatic nitrogens is 1. The van der Waals surface area contributed by atoms with E-state index in [1.807, 2.05) is 0 Å². The lowest BCUT2D eigenvalue weighted by Gasteiger charge is -1.94. The molecule has 3 nitrogen and oxygen atoms in total. The van der Waals surface area contributed by atoms with Crippen molar-refractivity contribution >= 4 is 19.0 Å². The van der Waals surface area contributed by atoms with Crippen LogP contribution in [0.15, 0.2) is 24.5 Å². The van der Waals surface area contributed by atoms with Crippen molar-refractivity contribution in [3.63, 3.8) is 0 Å². The first-order chi connectivity index (χ1) is 5.36. The Morgan fingerprint density at radius 2 is 2.45 bits per heavy atom. The number of rotatable bonds is 2. The van der Waals surface area contributed by atoms with Gasteiger partial charge in [-0.15, -0.1) is 0 Å². The Hall–Kier alpha value is -1.29. The van der Waals surface area contributed by atoms with Crippen LogP contribution in [0.3, 0.4) is 0 Å². The van der Waals surface area contributed by atoms with Crippen molar-refractivity contribution in [2.75, 3.05) is 0 Å². The zero-order valence-corrected chi connectivity index (χ0v) is 5.94. The van der Waals surface area contributed by atoms with Crippen molar-refractivity contribution < 1.29 is 5.02 Å². The third kappa shape index (κ3) is 2.09. The predicted octanol–water partition coefficient (Wildman–Crippen LogP) is -0.752. The van der Waals surface area contributed by atoms with E-state index in [0.717, 1.165) is 13.2 Å². The molecule has 0 aliphatic heterocycles. The van der Waals surface area contributed by atoms with Gasteiger partial charge in [0.05, 0.1) is 5.69 Å². The predicted molar refractivity (Wildman–Crippen MR) is 45.1 cm³/mol. The third-order valence-electron chi connectivity index (χ3n) is 1.22. The molecule has 0 fully saturated rings. The maximum absolute atomic E-state index is 8.62. The molecule has 1 rings (SSSR count). The molecule has 0 saturated carbocycles. The van der Waals surface area contributed by atoms with Crippen LogP contribution in [0.4, 0.5) is 0 Å². The van der Waals surface area contributed by atoms with Crippen molar-refractivity contribution in [2.24, 2.45) is 5.73 Å². The Morgan fingerprint density at radius 1 is 1.64 bits per heavy atom. The number of hydrogen-bond donors (Lipinski definition) is 2. The van der Waals surface area contributed by atoms with Gasteiger partial charge in [-0.3, -0.25) is 4.98 Å². The van der Waals surface area contributed by atoms with Gasteiger partial charge in [-0.25, -0.2) is 0 Å². The van der Waals surface area contributed by atoms with Crippen LogP contribution in [0.5, 0.6) is 0 Å². The molecule has 1 aromatic rings. The van der Waals surface area contributed by atoms with Crippen LogP contribution in [0.1, 0.15) is 5.69 Å². The summed E-state index contributed by atoms with van der Waals surface area (Å²) in [5.41, 5.74) is 6.61. The van der Waals surface area contributed by atoms with Gasteiger partial charge in [-0.05, 0) is 24.4 Å². The van der Waals surface area contributed by atoms with E-state index in [1.54, 1.807) is 24.4 Å². The van der Waals surface area contributed by atoms with E-state index < -0.39 is 0 Å². The van der Waals surface area contributed by atoms with Gasteiger partial charge in [0.25, 0.3) is 0 Å². The van der Waals surface area contributed by atoms with E-state index in [4.69, 9.17) is 10.8 Å². The summed E-state index contributed by atoms with van der Waals surface area (Å²) in [6, 6.07) is 3.43. The fraction of sp³-hybridized carbons (Fsp3) is 0. The molecule has 0 aliphatic rings. The van der Waals surface area contributed by atoms with Crippen LogP contribution in [-0.4, -0.2) is 17.5 Å². The molecule has 1 heterocycles. The second kappa shape index (κ2) is 3.78. The van der Waals surface area contributed by atoms with Gasteiger partial charge in [-0.2, -0.15) is 0 Å². The zero-order chi connectivity index (χ0) is 8.10. The summed E-state index contributed by atoms with van der Waals surface area (Å²) in [5.74, 6) is 0. The Bertz CT molecular complexity index is 262. The van der Waals surface area contributed by atoms with Crippen molar-refractivity contribution in [3.05, 3.63) is 30.2 Å². The van der Waals surface area contributed by atoms with Crippen molar-refractivity contribution in [3.8, 4) is 0 Å². The number of pyridine rings is 1. The summed E-state index contributed by atoms with van der Waals surface area (Å²) in [4.78, 5) is 3.98. The van der Waals surface area contributed by atoms with Crippen molar-refractivity contribution in [1.82, 2.24) is 4.98 Å². The van der Waals surface area contributed by atoms with E-state index in [2.05, 4.69) is 4.98 Å². The normalized spacial score (nSPS) is 10.3. The number of nitrogens with zero attached hydrogens (tertiary/aromatic N) is 1. The minimum atomic E-state index is 0.716. The summed E-state index contributed by atoms with van der Waals surface area (Å²) < 4.78 is 0. The minimum Gasteiger partial charge on any atom is -0.450 e. The van der Waals surface area contributed by atoms with Gasteiger partial charge in [0.1, 0.15) is 0 Å². The second-order valence-corrected chi connectivity index (χ2v) is 2.00. The third-order valence-corrected chi connectivity index (χ3v) is 1.22. The highest BCUT2D eigenvalue weighted by Crippen LogP contribution is 1.91. The Morgan fingerprint density at radius 3 is 3.09 bits per heavy atom. The summed E-state index contributed by atoms with van der Waals surface area (Å²) in [5, 5.41) is 8.62. The Labute approximate surface area is 65.8 Å². The average molecular weight is 147 g/mol. The fourth-order valence-electron chi connectivity index (χ4n) is 0.736. The van der Waals surface area contributed by atoms with Crippen LogP contribution in [0.25, 0.3) is 6.08 Å². The Balaban J connectivity index is 2.91. The molecule has 0 aromatic carbocycles. The molecule has 0 unspecified atom stereocenters. The molecule has 55 valence electrons. The molecular formula is C7H8BN2O. The zero-order valence-electron chi connectivity index (χ0n) is 5.94. The molecule has 0 bridgehead atoms. The van der Waals surface area contributed by atoms with Crippen molar-refractivity contribution in [1.29, 1.82) is 0 Å². The first-order valence-corrected chi connectivity index (χ1v) is 3.18. The monoisotopic (exact) mass is 147 g/mol. The highest BCUT2D eigenvalue weighted by Gasteiger charge is 1.93. The molecule has 0 amide bonds. The molecule has 0 saturated heterocycles. The van der Waals surface area contributed by atoms with Crippen LogP contribution in [0.2, 0.25) is 0 Å². The SMILES string of the molecule is N/C=C\c1cc([B]O)ccn1. The molecular weight excluding hydrogens is 139 g/mol. The maximum Gasteiger partial charge on any atom is 0.326 e. The Kier molecular flexibility index (Phi) is 2.69. The van der Waals surface area contributed by atoms with Crippen LogP contribution in [-0.2, 0) is 0 Å². The lowest BCUT2D eigenvalue weighted by atomic mass is 9.89. The first-order valence-electron chi connectivity index (χ1n) is 3.18. The standard InChI is InChI=1S/C7H8BN2O/c9-3-1-7-5-6(8-11)2-4-10-7/h1-5,11H,9H2/b3-1-. The van der Waals surface area contributed by atoms with E-state index in [9.17, 15) is 0 Å². The molecule has 1 aromatic heterocycles. The van der Waals surface area contributed by atoms with Gasteiger partial charge in [0, 0.05) is 6.20 Å². The molecule has 11 heavy (non-hydrogen) atoms. The average Bonchev–Trinajstić information content (AvgIpc) is 2.06. The second-order valence-electron chi connectivity index (χ2n) is 2.00. The summed E-state index contributed by atoms with van der Waals surface area (Å²) in [7, 11) is 1.02. The highest BCUT2D eigenvalue weighted by molar-refractivity contribution is 6.45. The molecule has 4 heteroatoms. The van der Waals surface area contributed by atoms with E-state index >= 15 is 0 Å². The van der Waals surface area contributed by atoms with Crippen molar-refractivity contribution in [2.45, 2.75) is 0 Å².